The molecule has 1 aromatic heterocycles. The molecular weight excluding hydrogens is 244 g/mol. The SMILES string of the molecule is COc1cc2nc(C3CCOC3C)[nH]c2cc1OC. The van der Waals surface area contributed by atoms with Crippen LogP contribution < -0.4 is 9.47 Å². The van der Waals surface area contributed by atoms with Gasteiger partial charge in [-0.15, -0.1) is 0 Å². The van der Waals surface area contributed by atoms with Crippen LogP contribution in [0, 0.1) is 0 Å². The van der Waals surface area contributed by atoms with Crippen molar-refractivity contribution in [2.75, 3.05) is 20.8 Å². The van der Waals surface area contributed by atoms with Crippen molar-refractivity contribution in [1.29, 1.82) is 0 Å². The third-order valence-electron chi connectivity index (χ3n) is 3.73. The predicted octanol–water partition coefficient (Wildman–Crippen LogP) is 2.47. The molecule has 2 unspecified atom stereocenters. The molecule has 2 atom stereocenters. The number of hydrogen-bond acceptors (Lipinski definition) is 4. The average Bonchev–Trinajstić information content (AvgIpc) is 3.01. The Morgan fingerprint density at radius 1 is 1.26 bits per heavy atom. The van der Waals surface area contributed by atoms with E-state index in [0.717, 1.165) is 29.9 Å². The summed E-state index contributed by atoms with van der Waals surface area (Å²) in [4.78, 5) is 8.03. The van der Waals surface area contributed by atoms with Gasteiger partial charge in [0.15, 0.2) is 11.5 Å². The zero-order valence-electron chi connectivity index (χ0n) is 11.4. The number of ether oxygens (including phenoxy) is 3. The third kappa shape index (κ3) is 2.04. The number of H-pyrrole nitrogens is 1. The van der Waals surface area contributed by atoms with Crippen molar-refractivity contribution < 1.29 is 14.2 Å². The zero-order chi connectivity index (χ0) is 13.4. The van der Waals surface area contributed by atoms with Gasteiger partial charge < -0.3 is 19.2 Å². The summed E-state index contributed by atoms with van der Waals surface area (Å²) in [5.41, 5.74) is 1.86. The Balaban J connectivity index is 2.05. The van der Waals surface area contributed by atoms with Gasteiger partial charge in [0.1, 0.15) is 5.82 Å². The molecule has 1 saturated heterocycles. The molecule has 0 aliphatic carbocycles. The number of nitrogens with zero attached hydrogens (tertiary/aromatic N) is 1. The Kier molecular flexibility index (Phi) is 3.06. The Hall–Kier alpha value is -1.75. The highest BCUT2D eigenvalue weighted by Gasteiger charge is 2.28. The molecule has 1 aromatic carbocycles. The van der Waals surface area contributed by atoms with Crippen molar-refractivity contribution >= 4 is 11.0 Å². The molecule has 1 fully saturated rings. The predicted molar refractivity (Wildman–Crippen MR) is 72.0 cm³/mol. The van der Waals surface area contributed by atoms with Crippen LogP contribution in [0.15, 0.2) is 12.1 Å². The third-order valence-corrected chi connectivity index (χ3v) is 3.73. The van der Waals surface area contributed by atoms with Crippen LogP contribution in [0.3, 0.4) is 0 Å². The minimum atomic E-state index is 0.212. The van der Waals surface area contributed by atoms with Gasteiger partial charge in [-0.2, -0.15) is 0 Å². The first-order valence-electron chi connectivity index (χ1n) is 6.46. The lowest BCUT2D eigenvalue weighted by Crippen LogP contribution is -2.10. The minimum absolute atomic E-state index is 0.212. The second-order valence-corrected chi connectivity index (χ2v) is 4.82. The van der Waals surface area contributed by atoms with Crippen molar-refractivity contribution in [3.8, 4) is 11.5 Å². The van der Waals surface area contributed by atoms with Crippen molar-refractivity contribution in [3.05, 3.63) is 18.0 Å². The van der Waals surface area contributed by atoms with Crippen molar-refractivity contribution in [2.24, 2.45) is 0 Å². The van der Waals surface area contributed by atoms with E-state index in [2.05, 4.69) is 16.9 Å². The van der Waals surface area contributed by atoms with E-state index in [0.29, 0.717) is 17.4 Å². The molecular formula is C14H18N2O3. The number of aromatic nitrogens is 2. The first-order valence-corrected chi connectivity index (χ1v) is 6.46. The van der Waals surface area contributed by atoms with Gasteiger partial charge in [-0.25, -0.2) is 4.98 Å². The Labute approximate surface area is 111 Å². The number of benzene rings is 1. The highest BCUT2D eigenvalue weighted by Crippen LogP contribution is 2.34. The molecule has 0 bridgehead atoms. The highest BCUT2D eigenvalue weighted by atomic mass is 16.5. The number of aromatic amines is 1. The number of fused-ring (bicyclic) bond motifs is 1. The molecule has 1 aliphatic heterocycles. The summed E-state index contributed by atoms with van der Waals surface area (Å²) < 4.78 is 16.2. The van der Waals surface area contributed by atoms with Gasteiger partial charge >= 0.3 is 0 Å². The molecule has 0 amide bonds. The lowest BCUT2D eigenvalue weighted by molar-refractivity contribution is 0.117. The molecule has 0 saturated carbocycles. The van der Waals surface area contributed by atoms with Gasteiger partial charge in [0.2, 0.25) is 0 Å². The summed E-state index contributed by atoms with van der Waals surface area (Å²) in [5.74, 6) is 2.73. The van der Waals surface area contributed by atoms with E-state index >= 15 is 0 Å². The number of rotatable bonds is 3. The van der Waals surface area contributed by atoms with Gasteiger partial charge in [0, 0.05) is 24.7 Å². The topological polar surface area (TPSA) is 56.4 Å². The fourth-order valence-corrected chi connectivity index (χ4v) is 2.62. The van der Waals surface area contributed by atoms with E-state index in [4.69, 9.17) is 14.2 Å². The Morgan fingerprint density at radius 3 is 2.63 bits per heavy atom. The second kappa shape index (κ2) is 4.74. The molecule has 1 N–H and O–H groups in total. The van der Waals surface area contributed by atoms with E-state index < -0.39 is 0 Å². The summed E-state index contributed by atoms with van der Waals surface area (Å²) in [6, 6.07) is 3.82. The van der Waals surface area contributed by atoms with E-state index in [9.17, 15) is 0 Å². The van der Waals surface area contributed by atoms with Crippen LogP contribution in [0.2, 0.25) is 0 Å². The van der Waals surface area contributed by atoms with Crippen molar-refractivity contribution in [2.45, 2.75) is 25.4 Å². The molecule has 2 heterocycles. The molecule has 3 rings (SSSR count). The van der Waals surface area contributed by atoms with E-state index in [-0.39, 0.29) is 6.10 Å². The fraction of sp³-hybridized carbons (Fsp3) is 0.500. The molecule has 102 valence electrons. The van der Waals surface area contributed by atoms with Gasteiger partial charge in [-0.3, -0.25) is 0 Å². The standard InChI is InChI=1S/C14H18N2O3/c1-8-9(4-5-19-8)14-15-10-6-12(17-2)13(18-3)7-11(10)16-14/h6-9H,4-5H2,1-3H3,(H,15,16). The van der Waals surface area contributed by atoms with Gasteiger partial charge in [0.25, 0.3) is 0 Å². The quantitative estimate of drug-likeness (QED) is 0.923. The van der Waals surface area contributed by atoms with E-state index in [1.807, 2.05) is 12.1 Å². The van der Waals surface area contributed by atoms with Crippen LogP contribution in [0.1, 0.15) is 25.1 Å². The van der Waals surface area contributed by atoms with Crippen LogP contribution in [0.5, 0.6) is 11.5 Å². The van der Waals surface area contributed by atoms with E-state index in [1.165, 1.54) is 0 Å². The van der Waals surface area contributed by atoms with E-state index in [1.54, 1.807) is 14.2 Å². The largest absolute Gasteiger partial charge is 0.493 e. The lowest BCUT2D eigenvalue weighted by Gasteiger charge is -2.09. The first-order chi connectivity index (χ1) is 9.22. The number of imidazole rings is 1. The molecule has 1 aliphatic rings. The first kappa shape index (κ1) is 12.3. The number of methoxy groups -OCH3 is 2. The van der Waals surface area contributed by atoms with Crippen molar-refractivity contribution in [3.63, 3.8) is 0 Å². The summed E-state index contributed by atoms with van der Waals surface area (Å²) in [6.07, 6.45) is 1.22. The van der Waals surface area contributed by atoms with Crippen LogP contribution in [-0.4, -0.2) is 36.9 Å². The van der Waals surface area contributed by atoms with Crippen LogP contribution >= 0.6 is 0 Å². The average molecular weight is 262 g/mol. The zero-order valence-corrected chi connectivity index (χ0v) is 11.4. The molecule has 0 spiro atoms. The second-order valence-electron chi connectivity index (χ2n) is 4.82. The lowest BCUT2D eigenvalue weighted by atomic mass is 10.0. The minimum Gasteiger partial charge on any atom is -0.493 e. The maximum absolute atomic E-state index is 5.60. The normalized spacial score (nSPS) is 22.9. The molecule has 2 aromatic rings. The Bertz CT molecular complexity index is 553. The molecule has 19 heavy (non-hydrogen) atoms. The van der Waals surface area contributed by atoms with Gasteiger partial charge in [-0.05, 0) is 13.3 Å². The fourth-order valence-electron chi connectivity index (χ4n) is 2.62. The highest BCUT2D eigenvalue weighted by molar-refractivity contribution is 5.79. The number of hydrogen-bond donors (Lipinski definition) is 1. The summed E-state index contributed by atoms with van der Waals surface area (Å²) in [6.45, 7) is 2.89. The smallest absolute Gasteiger partial charge is 0.163 e. The summed E-state index contributed by atoms with van der Waals surface area (Å²) >= 11 is 0. The Morgan fingerprint density at radius 2 is 2.00 bits per heavy atom. The van der Waals surface area contributed by atoms with Crippen LogP contribution in [-0.2, 0) is 4.74 Å². The maximum Gasteiger partial charge on any atom is 0.163 e. The van der Waals surface area contributed by atoms with Crippen molar-refractivity contribution in [1.82, 2.24) is 9.97 Å². The van der Waals surface area contributed by atoms with Crippen LogP contribution in [0.25, 0.3) is 11.0 Å². The summed E-state index contributed by atoms with van der Waals surface area (Å²) in [5, 5.41) is 0. The monoisotopic (exact) mass is 262 g/mol. The molecule has 0 radical (unpaired) electrons. The van der Waals surface area contributed by atoms with Gasteiger partial charge in [-0.1, -0.05) is 0 Å². The van der Waals surface area contributed by atoms with Gasteiger partial charge in [0.05, 0.1) is 31.4 Å². The maximum atomic E-state index is 5.60. The van der Waals surface area contributed by atoms with Crippen LogP contribution in [0.4, 0.5) is 0 Å². The molecule has 5 nitrogen and oxygen atoms in total. The number of nitrogens with one attached hydrogen (secondary N) is 1. The molecule has 5 heteroatoms. The summed E-state index contributed by atoms with van der Waals surface area (Å²) in [7, 11) is 3.26.